The summed E-state index contributed by atoms with van der Waals surface area (Å²) in [4.78, 5) is 17.7. The van der Waals surface area contributed by atoms with Crippen molar-refractivity contribution in [2.45, 2.75) is 19.8 Å². The average molecular weight is 266 g/mol. The molecule has 0 aliphatic rings. The van der Waals surface area contributed by atoms with Gasteiger partial charge in [-0.25, -0.2) is 4.98 Å². The summed E-state index contributed by atoms with van der Waals surface area (Å²) in [5.74, 6) is 0.458. The first kappa shape index (κ1) is 15.4. The van der Waals surface area contributed by atoms with Gasteiger partial charge in [0.1, 0.15) is 5.82 Å². The Balaban J connectivity index is 2.58. The number of amides is 1. The van der Waals surface area contributed by atoms with E-state index in [-0.39, 0.29) is 12.5 Å². The number of nitrogens with one attached hydrogen (secondary N) is 1. The highest BCUT2D eigenvalue weighted by Gasteiger charge is 2.06. The molecular formula is C13H22N4O2. The predicted molar refractivity (Wildman–Crippen MR) is 76.1 cm³/mol. The van der Waals surface area contributed by atoms with Crippen molar-refractivity contribution < 1.29 is 9.90 Å². The van der Waals surface area contributed by atoms with Crippen LogP contribution in [0.2, 0.25) is 0 Å². The third-order valence-electron chi connectivity index (χ3n) is 2.74. The molecule has 19 heavy (non-hydrogen) atoms. The molecule has 0 radical (unpaired) electrons. The third-order valence-corrected chi connectivity index (χ3v) is 2.74. The molecule has 1 rings (SSSR count). The Kier molecular flexibility index (Phi) is 6.84. The van der Waals surface area contributed by atoms with Crippen molar-refractivity contribution in [3.63, 3.8) is 0 Å². The minimum absolute atomic E-state index is 0.0756. The van der Waals surface area contributed by atoms with Gasteiger partial charge in [0.15, 0.2) is 0 Å². The van der Waals surface area contributed by atoms with E-state index in [0.29, 0.717) is 31.7 Å². The van der Waals surface area contributed by atoms with Gasteiger partial charge in [0, 0.05) is 19.5 Å². The number of pyridine rings is 1. The number of nitrogens with two attached hydrogens (primary N) is 1. The molecule has 6 nitrogen and oxygen atoms in total. The summed E-state index contributed by atoms with van der Waals surface area (Å²) in [5.41, 5.74) is 6.27. The number of carbonyl (C=O) groups is 1. The number of nitrogens with zero attached hydrogens (tertiary/aromatic N) is 2. The Morgan fingerprint density at radius 2 is 2.32 bits per heavy atom. The lowest BCUT2D eigenvalue weighted by Gasteiger charge is -2.21. The van der Waals surface area contributed by atoms with Crippen molar-refractivity contribution in [1.29, 1.82) is 0 Å². The first-order valence-electron chi connectivity index (χ1n) is 6.53. The molecule has 6 heteroatoms. The van der Waals surface area contributed by atoms with Crippen molar-refractivity contribution in [2.75, 3.05) is 36.5 Å². The van der Waals surface area contributed by atoms with Crippen LogP contribution >= 0.6 is 0 Å². The molecule has 0 atom stereocenters. The maximum atomic E-state index is 11.5. The Morgan fingerprint density at radius 1 is 1.53 bits per heavy atom. The molecule has 0 bridgehead atoms. The number of likely N-dealkylation sites (N-methyl/N-ethyl adjacent to an activating group) is 1. The molecule has 1 amide bonds. The number of carbonyl (C=O) groups excluding carboxylic acids is 1. The summed E-state index contributed by atoms with van der Waals surface area (Å²) < 4.78 is 0. The lowest BCUT2D eigenvalue weighted by molar-refractivity contribution is -0.116. The number of rotatable bonds is 8. The largest absolute Gasteiger partial charge is 0.395 e. The molecule has 0 aliphatic heterocycles. The molecule has 0 aromatic carbocycles. The molecule has 4 N–H and O–H groups in total. The smallest absolute Gasteiger partial charge is 0.225 e. The normalized spacial score (nSPS) is 10.3. The highest BCUT2D eigenvalue weighted by molar-refractivity contribution is 5.89. The second kappa shape index (κ2) is 8.44. The summed E-state index contributed by atoms with van der Waals surface area (Å²) in [7, 11) is 0. The lowest BCUT2D eigenvalue weighted by Crippen LogP contribution is -2.26. The molecule has 0 unspecified atom stereocenters. The average Bonchev–Trinajstić information content (AvgIpc) is 2.43. The van der Waals surface area contributed by atoms with Gasteiger partial charge in [-0.3, -0.25) is 4.79 Å². The topological polar surface area (TPSA) is 91.5 Å². The molecule has 1 aromatic heterocycles. The van der Waals surface area contributed by atoms with Gasteiger partial charge in [-0.15, -0.1) is 0 Å². The molecule has 0 aliphatic carbocycles. The molecule has 0 fully saturated rings. The van der Waals surface area contributed by atoms with Crippen molar-refractivity contribution in [1.82, 2.24) is 4.98 Å². The van der Waals surface area contributed by atoms with Gasteiger partial charge < -0.3 is 21.1 Å². The van der Waals surface area contributed by atoms with E-state index < -0.39 is 0 Å². The van der Waals surface area contributed by atoms with Crippen molar-refractivity contribution in [3.8, 4) is 0 Å². The maximum Gasteiger partial charge on any atom is 0.225 e. The van der Waals surface area contributed by atoms with Crippen LogP contribution in [-0.4, -0.2) is 42.2 Å². The van der Waals surface area contributed by atoms with Gasteiger partial charge in [0.25, 0.3) is 0 Å². The van der Waals surface area contributed by atoms with Crippen molar-refractivity contribution in [2.24, 2.45) is 5.73 Å². The van der Waals surface area contributed by atoms with Crippen molar-refractivity contribution in [3.05, 3.63) is 18.3 Å². The maximum absolute atomic E-state index is 11.5. The molecule has 106 valence electrons. The highest BCUT2D eigenvalue weighted by Crippen LogP contribution is 2.14. The van der Waals surface area contributed by atoms with Gasteiger partial charge >= 0.3 is 0 Å². The predicted octanol–water partition coefficient (Wildman–Crippen LogP) is 0.578. The van der Waals surface area contributed by atoms with Crippen LogP contribution in [0.3, 0.4) is 0 Å². The molecule has 1 heterocycles. The van der Waals surface area contributed by atoms with Gasteiger partial charge in [-0.05, 0) is 32.0 Å². The van der Waals surface area contributed by atoms with E-state index >= 15 is 0 Å². The van der Waals surface area contributed by atoms with Crippen molar-refractivity contribution >= 4 is 17.4 Å². The fraction of sp³-hybridized carbons (Fsp3) is 0.538. The molecule has 1 aromatic rings. The zero-order valence-electron chi connectivity index (χ0n) is 11.3. The number of aliphatic hydroxyl groups is 1. The van der Waals surface area contributed by atoms with Crippen LogP contribution in [-0.2, 0) is 4.79 Å². The van der Waals surface area contributed by atoms with E-state index in [0.717, 1.165) is 12.2 Å². The summed E-state index contributed by atoms with van der Waals surface area (Å²) >= 11 is 0. The van der Waals surface area contributed by atoms with E-state index in [1.165, 1.54) is 0 Å². The summed E-state index contributed by atoms with van der Waals surface area (Å²) in [6.45, 7) is 3.99. The number of hydrogen-bond donors (Lipinski definition) is 3. The van der Waals surface area contributed by atoms with Crippen LogP contribution in [0.4, 0.5) is 11.5 Å². The zero-order chi connectivity index (χ0) is 14.1. The van der Waals surface area contributed by atoms with Gasteiger partial charge in [0.2, 0.25) is 5.91 Å². The van der Waals surface area contributed by atoms with Crippen LogP contribution in [0, 0.1) is 0 Å². The standard InChI is InChI=1S/C13H22N4O2/c1-2-17(8-9-18)11-5-6-12(15-10-11)16-13(19)4-3-7-14/h5-6,10,18H,2-4,7-9,14H2,1H3,(H,15,16,19). The zero-order valence-corrected chi connectivity index (χ0v) is 11.3. The minimum atomic E-state index is -0.0756. The minimum Gasteiger partial charge on any atom is -0.395 e. The van der Waals surface area contributed by atoms with E-state index in [2.05, 4.69) is 10.3 Å². The first-order chi connectivity index (χ1) is 9.21. The summed E-state index contributed by atoms with van der Waals surface area (Å²) in [6.07, 6.45) is 2.77. The van der Waals surface area contributed by atoms with Crippen LogP contribution < -0.4 is 16.0 Å². The number of aliphatic hydroxyl groups excluding tert-OH is 1. The highest BCUT2D eigenvalue weighted by atomic mass is 16.3. The monoisotopic (exact) mass is 266 g/mol. The molecule has 0 saturated carbocycles. The third kappa shape index (κ3) is 5.23. The number of aromatic nitrogens is 1. The summed E-state index contributed by atoms with van der Waals surface area (Å²) in [6, 6.07) is 3.64. The number of anilines is 2. The second-order valence-corrected chi connectivity index (χ2v) is 4.15. The van der Waals surface area contributed by atoms with Gasteiger partial charge in [0.05, 0.1) is 18.5 Å². The first-order valence-corrected chi connectivity index (χ1v) is 6.53. The number of hydrogen-bond acceptors (Lipinski definition) is 5. The Morgan fingerprint density at radius 3 is 2.84 bits per heavy atom. The fourth-order valence-electron chi connectivity index (χ4n) is 1.71. The Hall–Kier alpha value is -1.66. The lowest BCUT2D eigenvalue weighted by atomic mass is 10.3. The summed E-state index contributed by atoms with van der Waals surface area (Å²) in [5, 5.41) is 11.7. The van der Waals surface area contributed by atoms with Crippen LogP contribution in [0.5, 0.6) is 0 Å². The van der Waals surface area contributed by atoms with Gasteiger partial charge in [-0.2, -0.15) is 0 Å². The van der Waals surface area contributed by atoms with Crippen LogP contribution in [0.25, 0.3) is 0 Å². The van der Waals surface area contributed by atoms with E-state index in [1.54, 1.807) is 12.3 Å². The molecule has 0 spiro atoms. The van der Waals surface area contributed by atoms with E-state index in [4.69, 9.17) is 10.8 Å². The second-order valence-electron chi connectivity index (χ2n) is 4.15. The van der Waals surface area contributed by atoms with Crippen LogP contribution in [0.15, 0.2) is 18.3 Å². The van der Waals surface area contributed by atoms with Crippen LogP contribution in [0.1, 0.15) is 19.8 Å². The van der Waals surface area contributed by atoms with Gasteiger partial charge in [-0.1, -0.05) is 0 Å². The fourth-order valence-corrected chi connectivity index (χ4v) is 1.71. The molecular weight excluding hydrogens is 244 g/mol. The quantitative estimate of drug-likeness (QED) is 0.640. The Labute approximate surface area is 113 Å². The Bertz CT molecular complexity index is 381. The SMILES string of the molecule is CCN(CCO)c1ccc(NC(=O)CCCN)nc1. The van der Waals surface area contributed by atoms with E-state index in [9.17, 15) is 4.79 Å². The molecule has 0 saturated heterocycles. The van der Waals surface area contributed by atoms with E-state index in [1.807, 2.05) is 17.9 Å².